The normalized spacial score (nSPS) is 11.0. The second kappa shape index (κ2) is 5.20. The highest BCUT2D eigenvalue weighted by Crippen LogP contribution is 2.12. The van der Waals surface area contributed by atoms with E-state index in [1.54, 1.807) is 17.5 Å². The number of rotatable bonds is 5. The van der Waals surface area contributed by atoms with Crippen LogP contribution < -0.4 is 10.5 Å². The summed E-state index contributed by atoms with van der Waals surface area (Å²) in [5.74, 6) is 0. The summed E-state index contributed by atoms with van der Waals surface area (Å²) < 4.78 is 21.9. The lowest BCUT2D eigenvalue weighted by Crippen LogP contribution is -2.12. The van der Waals surface area contributed by atoms with E-state index < -0.39 is 10.0 Å². The molecule has 15 heavy (non-hydrogen) atoms. The van der Waals surface area contributed by atoms with Gasteiger partial charge >= 0.3 is 0 Å². The van der Waals surface area contributed by atoms with Gasteiger partial charge in [-0.15, -0.1) is 0 Å². The number of nitrogens with two attached hydrogens (primary N) is 1. The van der Waals surface area contributed by atoms with Crippen LogP contribution in [0.5, 0.6) is 0 Å². The number of thiocarbonyl (C=S) groups is 1. The van der Waals surface area contributed by atoms with Crippen LogP contribution in [0.25, 0.3) is 0 Å². The number of primary sulfonamides is 1. The third-order valence-corrected chi connectivity index (χ3v) is 2.94. The molecule has 0 unspecified atom stereocenters. The summed E-state index contributed by atoms with van der Waals surface area (Å²) in [5, 5.41) is 9.70. The molecule has 4 nitrogen and oxygen atoms in total. The molecule has 0 bridgehead atoms. The fraction of sp³-hybridized carbons (Fsp3) is 0.222. The highest BCUT2D eigenvalue weighted by Gasteiger charge is 2.05. The number of sulfonamides is 1. The summed E-state index contributed by atoms with van der Waals surface area (Å²) in [6.07, 6.45) is 0.784. The smallest absolute Gasteiger partial charge is 0.238 e. The molecule has 1 rings (SSSR count). The first-order chi connectivity index (χ1) is 7.04. The average molecular weight is 244 g/mol. The third kappa shape index (κ3) is 3.94. The number of nitrogens with one attached hydrogen (secondary N) is 1. The van der Waals surface area contributed by atoms with Crippen LogP contribution in [-0.4, -0.2) is 20.3 Å². The van der Waals surface area contributed by atoms with Gasteiger partial charge in [-0.3, -0.25) is 0 Å². The standard InChI is InChI=1S/C9H12N2O2S2/c10-15(12,13)9-4-2-8(3-5-9)11-6-1-7-14/h2-5,7,11H,1,6H2,(H2,10,12,13). The summed E-state index contributed by atoms with van der Waals surface area (Å²) >= 11 is 4.68. The zero-order valence-corrected chi connectivity index (χ0v) is 9.64. The average Bonchev–Trinajstić information content (AvgIpc) is 2.18. The molecule has 0 spiro atoms. The maximum Gasteiger partial charge on any atom is 0.238 e. The lowest BCUT2D eigenvalue weighted by Gasteiger charge is -2.04. The topological polar surface area (TPSA) is 72.2 Å². The van der Waals surface area contributed by atoms with Crippen LogP contribution in [-0.2, 0) is 10.0 Å². The Balaban J connectivity index is 2.69. The van der Waals surface area contributed by atoms with Gasteiger partial charge < -0.3 is 5.32 Å². The van der Waals surface area contributed by atoms with Crippen molar-refractivity contribution in [3.05, 3.63) is 24.3 Å². The molecular weight excluding hydrogens is 232 g/mol. The second-order valence-corrected chi connectivity index (χ2v) is 4.85. The molecule has 0 atom stereocenters. The summed E-state index contributed by atoms with van der Waals surface area (Å²) in [4.78, 5) is 0.114. The van der Waals surface area contributed by atoms with E-state index in [1.165, 1.54) is 12.1 Å². The molecule has 0 amide bonds. The van der Waals surface area contributed by atoms with Crippen LogP contribution in [0.3, 0.4) is 0 Å². The van der Waals surface area contributed by atoms with E-state index in [0.717, 1.165) is 18.7 Å². The minimum absolute atomic E-state index is 0.114. The molecular formula is C9H12N2O2S2. The molecule has 0 heterocycles. The number of hydrogen-bond donors (Lipinski definition) is 2. The fourth-order valence-electron chi connectivity index (χ4n) is 1.04. The van der Waals surface area contributed by atoms with Crippen LogP contribution >= 0.6 is 12.2 Å². The highest BCUT2D eigenvalue weighted by molar-refractivity contribution is 7.89. The largest absolute Gasteiger partial charge is 0.385 e. The van der Waals surface area contributed by atoms with Crippen molar-refractivity contribution in [2.24, 2.45) is 5.14 Å². The molecule has 0 aliphatic heterocycles. The van der Waals surface area contributed by atoms with Crippen molar-refractivity contribution in [3.63, 3.8) is 0 Å². The molecule has 0 fully saturated rings. The Morgan fingerprint density at radius 2 is 1.93 bits per heavy atom. The van der Waals surface area contributed by atoms with Gasteiger partial charge in [0.2, 0.25) is 10.0 Å². The molecule has 1 aromatic rings. The molecule has 0 aliphatic carbocycles. The summed E-state index contributed by atoms with van der Waals surface area (Å²) in [6, 6.07) is 6.27. The maximum atomic E-state index is 10.9. The van der Waals surface area contributed by atoms with Crippen LogP contribution in [0, 0.1) is 0 Å². The summed E-state index contributed by atoms with van der Waals surface area (Å²) in [6.45, 7) is 0.734. The maximum absolute atomic E-state index is 10.9. The van der Waals surface area contributed by atoms with E-state index in [9.17, 15) is 8.42 Å². The van der Waals surface area contributed by atoms with E-state index in [4.69, 9.17) is 5.14 Å². The zero-order chi connectivity index (χ0) is 11.3. The van der Waals surface area contributed by atoms with Crippen molar-refractivity contribution in [2.45, 2.75) is 11.3 Å². The second-order valence-electron chi connectivity index (χ2n) is 2.95. The highest BCUT2D eigenvalue weighted by atomic mass is 32.2. The minimum atomic E-state index is -3.60. The Labute approximate surface area is 94.5 Å². The predicted molar refractivity (Wildman–Crippen MR) is 64.6 cm³/mol. The van der Waals surface area contributed by atoms with E-state index in [-0.39, 0.29) is 4.90 Å². The number of anilines is 1. The molecule has 6 heteroatoms. The molecule has 82 valence electrons. The quantitative estimate of drug-likeness (QED) is 0.602. The van der Waals surface area contributed by atoms with Crippen LogP contribution in [0.1, 0.15) is 6.42 Å². The molecule has 1 aromatic carbocycles. The van der Waals surface area contributed by atoms with Gasteiger partial charge in [-0.2, -0.15) is 0 Å². The van der Waals surface area contributed by atoms with Gasteiger partial charge in [-0.05, 0) is 36.1 Å². The Morgan fingerprint density at radius 3 is 2.40 bits per heavy atom. The molecule has 0 saturated heterocycles. The van der Waals surface area contributed by atoms with Gasteiger partial charge in [0.05, 0.1) is 4.90 Å². The molecule has 0 aromatic heterocycles. The molecule has 0 radical (unpaired) electrons. The zero-order valence-electron chi connectivity index (χ0n) is 8.01. The molecule has 3 N–H and O–H groups in total. The van der Waals surface area contributed by atoms with Crippen molar-refractivity contribution < 1.29 is 8.42 Å². The third-order valence-electron chi connectivity index (χ3n) is 1.77. The predicted octanol–water partition coefficient (Wildman–Crippen LogP) is 1.14. The lowest BCUT2D eigenvalue weighted by atomic mass is 10.3. The first-order valence-corrected chi connectivity index (χ1v) is 6.36. The van der Waals surface area contributed by atoms with E-state index in [2.05, 4.69) is 17.5 Å². The van der Waals surface area contributed by atoms with Crippen molar-refractivity contribution in [1.29, 1.82) is 0 Å². The lowest BCUT2D eigenvalue weighted by molar-refractivity contribution is 0.598. The number of hydrogen-bond acceptors (Lipinski definition) is 4. The van der Waals surface area contributed by atoms with Crippen molar-refractivity contribution in [2.75, 3.05) is 11.9 Å². The van der Waals surface area contributed by atoms with Gasteiger partial charge in [-0.1, -0.05) is 12.2 Å². The van der Waals surface area contributed by atoms with Gasteiger partial charge in [0.25, 0.3) is 0 Å². The summed E-state index contributed by atoms with van der Waals surface area (Å²) in [5.41, 5.74) is 0.847. The van der Waals surface area contributed by atoms with Gasteiger partial charge in [-0.25, -0.2) is 13.6 Å². The van der Waals surface area contributed by atoms with Gasteiger partial charge in [0, 0.05) is 12.2 Å². The summed E-state index contributed by atoms with van der Waals surface area (Å²) in [7, 11) is -3.60. The van der Waals surface area contributed by atoms with Gasteiger partial charge in [0.15, 0.2) is 0 Å². The fourth-order valence-corrected chi connectivity index (χ4v) is 1.67. The van der Waals surface area contributed by atoms with Crippen molar-refractivity contribution in [3.8, 4) is 0 Å². The van der Waals surface area contributed by atoms with Crippen LogP contribution in [0.2, 0.25) is 0 Å². The van der Waals surface area contributed by atoms with Crippen molar-refractivity contribution >= 4 is 33.3 Å². The van der Waals surface area contributed by atoms with Crippen LogP contribution in [0.15, 0.2) is 29.2 Å². The van der Waals surface area contributed by atoms with Gasteiger partial charge in [0.1, 0.15) is 0 Å². The Morgan fingerprint density at radius 1 is 1.33 bits per heavy atom. The van der Waals surface area contributed by atoms with Crippen LogP contribution in [0.4, 0.5) is 5.69 Å². The van der Waals surface area contributed by atoms with Crippen molar-refractivity contribution in [1.82, 2.24) is 0 Å². The van der Waals surface area contributed by atoms with E-state index in [0.29, 0.717) is 0 Å². The van der Waals surface area contributed by atoms with E-state index >= 15 is 0 Å². The van der Waals surface area contributed by atoms with E-state index in [1.807, 2.05) is 0 Å². The molecule has 0 saturated carbocycles. The first kappa shape index (κ1) is 12.1. The Bertz CT molecular complexity index is 426. The monoisotopic (exact) mass is 244 g/mol. The SMILES string of the molecule is NS(=O)(=O)c1ccc(NCCC=S)cc1. The minimum Gasteiger partial charge on any atom is -0.385 e. The Kier molecular flexibility index (Phi) is 4.19. The Hall–Kier alpha value is -0.980. The molecule has 0 aliphatic rings. The number of benzene rings is 1. The first-order valence-electron chi connectivity index (χ1n) is 4.34.